The van der Waals surface area contributed by atoms with Crippen molar-refractivity contribution in [1.82, 2.24) is 9.88 Å². The molecule has 0 N–H and O–H groups in total. The van der Waals surface area contributed by atoms with Crippen molar-refractivity contribution in [3.05, 3.63) is 51.5 Å². The van der Waals surface area contributed by atoms with Crippen LogP contribution < -0.4 is 0 Å². The topological polar surface area (TPSA) is 59.5 Å². The van der Waals surface area contributed by atoms with Gasteiger partial charge in [0.25, 0.3) is 5.91 Å². The highest BCUT2D eigenvalue weighted by molar-refractivity contribution is 7.09. The zero-order valence-electron chi connectivity index (χ0n) is 18.5. The van der Waals surface area contributed by atoms with Crippen molar-refractivity contribution in [2.45, 2.75) is 71.8 Å². The average molecular weight is 431 g/mol. The van der Waals surface area contributed by atoms with E-state index in [1.165, 1.54) is 49.7 Å². The van der Waals surface area contributed by atoms with Crippen LogP contribution in [0.1, 0.15) is 90.2 Å². The summed E-state index contributed by atoms with van der Waals surface area (Å²) in [5.74, 6) is -0.436. The number of amides is 1. The summed E-state index contributed by atoms with van der Waals surface area (Å²) < 4.78 is 4.73. The first-order chi connectivity index (χ1) is 14.6. The van der Waals surface area contributed by atoms with Gasteiger partial charge in [0, 0.05) is 17.5 Å². The first kappa shape index (κ1) is 24.1. The van der Waals surface area contributed by atoms with Crippen molar-refractivity contribution < 1.29 is 14.3 Å². The van der Waals surface area contributed by atoms with Crippen LogP contribution in [0.25, 0.3) is 0 Å². The van der Waals surface area contributed by atoms with E-state index in [0.717, 1.165) is 30.7 Å². The van der Waals surface area contributed by atoms with E-state index in [2.05, 4.69) is 31.0 Å². The van der Waals surface area contributed by atoms with E-state index >= 15 is 0 Å². The molecule has 1 aromatic carbocycles. The maximum absolute atomic E-state index is 13.2. The summed E-state index contributed by atoms with van der Waals surface area (Å²) in [5, 5.41) is 2.43. The summed E-state index contributed by atoms with van der Waals surface area (Å²) in [5.41, 5.74) is 2.28. The van der Waals surface area contributed by atoms with Gasteiger partial charge in [-0.05, 0) is 37.0 Å². The minimum absolute atomic E-state index is 0.0125. The van der Waals surface area contributed by atoms with Gasteiger partial charge >= 0.3 is 5.97 Å². The van der Waals surface area contributed by atoms with Gasteiger partial charge in [-0.15, -0.1) is 11.3 Å². The lowest BCUT2D eigenvalue weighted by atomic mass is 10.0. The van der Waals surface area contributed by atoms with Crippen LogP contribution in [0.4, 0.5) is 0 Å². The number of nitrogens with zero attached hydrogens (tertiary/aromatic N) is 2. The lowest BCUT2D eigenvalue weighted by Crippen LogP contribution is -2.31. The predicted molar refractivity (Wildman–Crippen MR) is 122 cm³/mol. The molecule has 1 aromatic heterocycles. The van der Waals surface area contributed by atoms with Crippen LogP contribution in [0.3, 0.4) is 0 Å². The van der Waals surface area contributed by atoms with Gasteiger partial charge in [-0.3, -0.25) is 4.79 Å². The number of methoxy groups -OCH3 is 1. The van der Waals surface area contributed by atoms with E-state index in [1.807, 2.05) is 17.0 Å². The van der Waals surface area contributed by atoms with Crippen molar-refractivity contribution in [2.24, 2.45) is 0 Å². The molecular weight excluding hydrogens is 396 g/mol. The molecule has 6 heteroatoms. The molecule has 0 saturated heterocycles. The highest BCUT2D eigenvalue weighted by Gasteiger charge is 2.19. The fraction of sp³-hybridized carbons (Fsp3) is 0.542. The van der Waals surface area contributed by atoms with E-state index in [0.29, 0.717) is 24.3 Å². The van der Waals surface area contributed by atoms with E-state index in [-0.39, 0.29) is 5.91 Å². The molecule has 0 spiro atoms. The monoisotopic (exact) mass is 430 g/mol. The molecule has 2 rings (SSSR count). The minimum Gasteiger partial charge on any atom is -0.464 e. The molecule has 0 fully saturated rings. The summed E-state index contributed by atoms with van der Waals surface area (Å²) in [4.78, 5) is 31.0. The van der Waals surface area contributed by atoms with E-state index in [9.17, 15) is 9.59 Å². The van der Waals surface area contributed by atoms with Crippen molar-refractivity contribution in [2.75, 3.05) is 13.7 Å². The number of hydrogen-bond donors (Lipinski definition) is 0. The van der Waals surface area contributed by atoms with Crippen molar-refractivity contribution in [3.8, 4) is 0 Å². The SMILES string of the molecule is CCCCCCc1ccc(C(=O)N(CCCCC)Cc2nc(C(=O)OC)cs2)cc1. The first-order valence-electron chi connectivity index (χ1n) is 11.0. The molecule has 0 aliphatic carbocycles. The molecule has 1 heterocycles. The van der Waals surface area contributed by atoms with Gasteiger partial charge in [0.1, 0.15) is 5.01 Å². The van der Waals surface area contributed by atoms with Crippen LogP contribution in [0.15, 0.2) is 29.6 Å². The number of esters is 1. The third kappa shape index (κ3) is 7.56. The zero-order chi connectivity index (χ0) is 21.8. The standard InChI is InChI=1S/C24H34N2O3S/c1-4-6-8-9-11-19-12-14-20(15-13-19)23(27)26(16-10-7-5-2)17-22-25-21(18-30-22)24(28)29-3/h12-15,18H,4-11,16-17H2,1-3H3. The average Bonchev–Trinajstić information content (AvgIpc) is 3.24. The summed E-state index contributed by atoms with van der Waals surface area (Å²) in [7, 11) is 1.34. The number of aromatic nitrogens is 1. The maximum Gasteiger partial charge on any atom is 0.357 e. The molecule has 0 radical (unpaired) electrons. The quantitative estimate of drug-likeness (QED) is 0.294. The maximum atomic E-state index is 13.2. The van der Waals surface area contributed by atoms with E-state index in [1.54, 1.807) is 5.38 Å². The number of aryl methyl sites for hydroxylation is 1. The van der Waals surface area contributed by atoms with Gasteiger partial charge < -0.3 is 9.64 Å². The molecule has 0 saturated carbocycles. The molecule has 0 bridgehead atoms. The van der Waals surface area contributed by atoms with Gasteiger partial charge in [0.05, 0.1) is 13.7 Å². The molecule has 30 heavy (non-hydrogen) atoms. The summed E-state index contributed by atoms with van der Waals surface area (Å²) in [6.07, 6.45) is 9.14. The summed E-state index contributed by atoms with van der Waals surface area (Å²) >= 11 is 1.38. The fourth-order valence-corrected chi connectivity index (χ4v) is 4.08. The summed E-state index contributed by atoms with van der Waals surface area (Å²) in [6, 6.07) is 8.02. The van der Waals surface area contributed by atoms with E-state index in [4.69, 9.17) is 4.74 Å². The van der Waals surface area contributed by atoms with Crippen molar-refractivity contribution >= 4 is 23.2 Å². The van der Waals surface area contributed by atoms with Crippen LogP contribution in [0, 0.1) is 0 Å². The van der Waals surface area contributed by atoms with Gasteiger partial charge in [0.2, 0.25) is 0 Å². The van der Waals surface area contributed by atoms with Crippen LogP contribution in [0.5, 0.6) is 0 Å². The summed E-state index contributed by atoms with van der Waals surface area (Å²) in [6.45, 7) is 5.45. The van der Waals surface area contributed by atoms with Gasteiger partial charge in [-0.2, -0.15) is 0 Å². The molecule has 0 atom stereocenters. The van der Waals surface area contributed by atoms with E-state index < -0.39 is 5.97 Å². The van der Waals surface area contributed by atoms with Crippen LogP contribution >= 0.6 is 11.3 Å². The zero-order valence-corrected chi connectivity index (χ0v) is 19.3. The molecule has 0 aliphatic heterocycles. The lowest BCUT2D eigenvalue weighted by Gasteiger charge is -2.22. The lowest BCUT2D eigenvalue weighted by molar-refractivity contribution is 0.0594. The van der Waals surface area contributed by atoms with Gasteiger partial charge in [-0.25, -0.2) is 9.78 Å². The fourth-order valence-electron chi connectivity index (χ4n) is 3.30. The Kier molecular flexibility index (Phi) is 10.6. The van der Waals surface area contributed by atoms with Gasteiger partial charge in [-0.1, -0.05) is 58.1 Å². The second kappa shape index (κ2) is 13.2. The largest absolute Gasteiger partial charge is 0.464 e. The third-order valence-electron chi connectivity index (χ3n) is 5.11. The molecular formula is C24H34N2O3S. The second-order valence-corrected chi connectivity index (χ2v) is 8.50. The Hall–Kier alpha value is -2.21. The molecule has 0 aliphatic rings. The Bertz CT molecular complexity index is 786. The number of carbonyl (C=O) groups excluding carboxylic acids is 2. The van der Waals surface area contributed by atoms with Crippen molar-refractivity contribution in [3.63, 3.8) is 0 Å². The first-order valence-corrected chi connectivity index (χ1v) is 11.9. The highest BCUT2D eigenvalue weighted by atomic mass is 32.1. The molecule has 0 unspecified atom stereocenters. The van der Waals surface area contributed by atoms with Crippen LogP contribution in [0.2, 0.25) is 0 Å². The van der Waals surface area contributed by atoms with Crippen LogP contribution in [-0.2, 0) is 17.7 Å². The number of ether oxygens (including phenoxy) is 1. The number of unbranched alkanes of at least 4 members (excludes halogenated alkanes) is 5. The number of carbonyl (C=O) groups is 2. The Balaban J connectivity index is 2.04. The predicted octanol–water partition coefficient (Wildman–Crippen LogP) is 5.89. The molecule has 1 amide bonds. The highest BCUT2D eigenvalue weighted by Crippen LogP contribution is 2.17. The van der Waals surface area contributed by atoms with Crippen molar-refractivity contribution in [1.29, 1.82) is 0 Å². The molecule has 2 aromatic rings. The normalized spacial score (nSPS) is 10.8. The smallest absolute Gasteiger partial charge is 0.357 e. The Labute approximate surface area is 184 Å². The minimum atomic E-state index is -0.448. The Morgan fingerprint density at radius 3 is 2.37 bits per heavy atom. The number of hydrogen-bond acceptors (Lipinski definition) is 5. The molecule has 164 valence electrons. The Morgan fingerprint density at radius 1 is 1.00 bits per heavy atom. The van der Waals surface area contributed by atoms with Gasteiger partial charge in [0.15, 0.2) is 5.69 Å². The Morgan fingerprint density at radius 2 is 1.70 bits per heavy atom. The number of thiazole rings is 1. The number of benzene rings is 1. The third-order valence-corrected chi connectivity index (χ3v) is 5.94. The number of rotatable bonds is 13. The van der Waals surface area contributed by atoms with Crippen LogP contribution in [-0.4, -0.2) is 35.4 Å². The second-order valence-electron chi connectivity index (χ2n) is 7.56. The molecule has 5 nitrogen and oxygen atoms in total.